The molecule has 0 N–H and O–H groups in total. The number of rotatable bonds is 12. The van der Waals surface area contributed by atoms with Crippen LogP contribution in [0.1, 0.15) is 0 Å². The van der Waals surface area contributed by atoms with Crippen molar-refractivity contribution in [2.24, 2.45) is 0 Å². The van der Waals surface area contributed by atoms with E-state index >= 15 is 0 Å². The maximum atomic E-state index is 5.22. The number of fused-ring (bicyclic) bond motifs is 12. The number of nitrogens with zero attached hydrogens (tertiary/aromatic N) is 8. The van der Waals surface area contributed by atoms with Gasteiger partial charge in [-0.15, -0.1) is 0 Å². The molecule has 0 radical (unpaired) electrons. The van der Waals surface area contributed by atoms with Gasteiger partial charge < -0.3 is 18.3 Å². The first-order valence-corrected chi connectivity index (χ1v) is 38.0. The van der Waals surface area contributed by atoms with Crippen LogP contribution < -0.4 is 0 Å². The van der Waals surface area contributed by atoms with Crippen LogP contribution in [0.2, 0.25) is 0 Å². The van der Waals surface area contributed by atoms with Gasteiger partial charge in [0, 0.05) is 76.5 Å². The van der Waals surface area contributed by atoms with E-state index in [0.29, 0.717) is 11.6 Å². The van der Waals surface area contributed by atoms with Crippen LogP contribution >= 0.6 is 0 Å². The Balaban J connectivity index is 0.000000141. The fourth-order valence-corrected chi connectivity index (χ4v) is 16.8. The average Bonchev–Trinajstić information content (AvgIpc) is 1.57. The standard InChI is InChI=1S/2C52H34N4/c1-3-16-35(17-4-1)44-34-45(36-18-5-2-6-19-36)54-52(53-44)39-21-15-20-37(32-39)38-30-31-43-42-24-9-12-27-48(42)56(51(43)33-38)50-29-14-13-28-49(50)55-46-25-10-7-22-40(46)41-23-8-11-26-47(41)55;1-3-17-35(18-4-1)44-34-45(36-19-5-2-6-20-36)54-52(53-44)43-25-8-7-21-38(43)37-31-32-42-41-24-11-14-28-48(41)56(51(42)33-37)50-30-16-15-29-49(50)55-46-26-12-9-22-39(46)40-23-10-13-27-47(40)55/h2*1-34H. The predicted octanol–water partition coefficient (Wildman–Crippen LogP) is 26.7. The summed E-state index contributed by atoms with van der Waals surface area (Å²) >= 11 is 0. The van der Waals surface area contributed by atoms with Crippen molar-refractivity contribution >= 4 is 87.2 Å². The van der Waals surface area contributed by atoms with E-state index in [1.165, 1.54) is 70.7 Å². The van der Waals surface area contributed by atoms with Crippen LogP contribution in [0.3, 0.4) is 0 Å². The third-order valence-corrected chi connectivity index (χ3v) is 21.9. The molecule has 8 nitrogen and oxygen atoms in total. The molecule has 22 aromatic rings. The summed E-state index contributed by atoms with van der Waals surface area (Å²) in [5.41, 5.74) is 28.0. The highest BCUT2D eigenvalue weighted by Gasteiger charge is 2.24. The molecule has 0 amide bonds. The minimum Gasteiger partial charge on any atom is -0.307 e. The predicted molar refractivity (Wildman–Crippen MR) is 465 cm³/mol. The molecule has 112 heavy (non-hydrogen) atoms. The van der Waals surface area contributed by atoms with Crippen LogP contribution in [0.4, 0.5) is 0 Å². The van der Waals surface area contributed by atoms with Gasteiger partial charge in [-0.05, 0) is 113 Å². The minimum atomic E-state index is 0.693. The van der Waals surface area contributed by atoms with Crippen molar-refractivity contribution in [2.75, 3.05) is 0 Å². The van der Waals surface area contributed by atoms with Crippen LogP contribution in [-0.2, 0) is 0 Å². The monoisotopic (exact) mass is 1430 g/mol. The second kappa shape index (κ2) is 27.6. The maximum absolute atomic E-state index is 5.22. The molecular weight excluding hydrogens is 1360 g/mol. The van der Waals surface area contributed by atoms with E-state index in [4.69, 9.17) is 19.9 Å². The molecule has 0 bridgehead atoms. The summed E-state index contributed by atoms with van der Waals surface area (Å²) in [5.74, 6) is 1.39. The Hall–Kier alpha value is -15.1. The molecule has 524 valence electrons. The number of para-hydroxylation sites is 10. The topological polar surface area (TPSA) is 71.3 Å². The second-order valence-corrected chi connectivity index (χ2v) is 28.4. The van der Waals surface area contributed by atoms with Crippen molar-refractivity contribution in [3.05, 3.63) is 413 Å². The van der Waals surface area contributed by atoms with Crippen LogP contribution in [0.25, 0.3) is 200 Å². The fraction of sp³-hybridized carbons (Fsp3) is 0. The highest BCUT2D eigenvalue weighted by molar-refractivity contribution is 6.14. The molecule has 0 spiro atoms. The number of aromatic nitrogens is 8. The van der Waals surface area contributed by atoms with Gasteiger partial charge >= 0.3 is 0 Å². The van der Waals surface area contributed by atoms with E-state index in [2.05, 4.69) is 407 Å². The average molecular weight is 1430 g/mol. The Labute approximate surface area is 646 Å². The quantitative estimate of drug-likeness (QED) is 0.122. The fourth-order valence-electron chi connectivity index (χ4n) is 16.8. The van der Waals surface area contributed by atoms with Crippen LogP contribution in [-0.4, -0.2) is 38.2 Å². The molecule has 8 heteroatoms. The lowest BCUT2D eigenvalue weighted by atomic mass is 9.97. The molecule has 0 saturated carbocycles. The zero-order chi connectivity index (χ0) is 74.0. The van der Waals surface area contributed by atoms with E-state index < -0.39 is 0 Å². The van der Waals surface area contributed by atoms with Crippen molar-refractivity contribution in [1.82, 2.24) is 38.2 Å². The Kier molecular flexibility index (Phi) is 16.1. The summed E-state index contributed by atoms with van der Waals surface area (Å²) < 4.78 is 9.72. The van der Waals surface area contributed by atoms with Gasteiger partial charge in [0.05, 0.1) is 89.7 Å². The van der Waals surface area contributed by atoms with Crippen molar-refractivity contribution in [3.8, 4) is 113 Å². The van der Waals surface area contributed by atoms with Gasteiger partial charge in [0.1, 0.15) is 0 Å². The largest absolute Gasteiger partial charge is 0.307 e. The summed E-state index contributed by atoms with van der Waals surface area (Å²) in [6.07, 6.45) is 0. The zero-order valence-electron chi connectivity index (χ0n) is 60.8. The summed E-state index contributed by atoms with van der Waals surface area (Å²) in [6, 6.07) is 146. The van der Waals surface area contributed by atoms with Crippen molar-refractivity contribution in [2.45, 2.75) is 0 Å². The van der Waals surface area contributed by atoms with E-state index in [9.17, 15) is 0 Å². The Morgan fingerprint density at radius 2 is 0.393 bits per heavy atom. The first-order chi connectivity index (χ1) is 55.6. The van der Waals surface area contributed by atoms with Gasteiger partial charge in [-0.3, -0.25) is 0 Å². The molecule has 0 saturated heterocycles. The Morgan fingerprint density at radius 1 is 0.143 bits per heavy atom. The highest BCUT2D eigenvalue weighted by Crippen LogP contribution is 2.44. The highest BCUT2D eigenvalue weighted by atomic mass is 15.1. The number of hydrogen-bond acceptors (Lipinski definition) is 4. The molecule has 6 aromatic heterocycles. The molecular formula is C104H68N8. The summed E-state index contributed by atoms with van der Waals surface area (Å²) in [4.78, 5) is 20.7. The lowest BCUT2D eigenvalue weighted by Gasteiger charge is -2.17. The van der Waals surface area contributed by atoms with Gasteiger partial charge in [-0.1, -0.05) is 322 Å². The van der Waals surface area contributed by atoms with Gasteiger partial charge in [-0.25, -0.2) is 19.9 Å². The molecule has 22 rings (SSSR count). The summed E-state index contributed by atoms with van der Waals surface area (Å²) in [5, 5.41) is 9.83. The molecule has 6 heterocycles. The van der Waals surface area contributed by atoms with E-state index in [-0.39, 0.29) is 0 Å². The van der Waals surface area contributed by atoms with E-state index in [0.717, 1.165) is 118 Å². The van der Waals surface area contributed by atoms with Crippen molar-refractivity contribution < 1.29 is 0 Å². The van der Waals surface area contributed by atoms with Crippen LogP contribution in [0.5, 0.6) is 0 Å². The number of benzene rings is 16. The molecule has 0 aliphatic rings. The first kappa shape index (κ1) is 65.2. The van der Waals surface area contributed by atoms with Crippen molar-refractivity contribution in [3.63, 3.8) is 0 Å². The lowest BCUT2D eigenvalue weighted by Crippen LogP contribution is -2.03. The van der Waals surface area contributed by atoms with Gasteiger partial charge in [0.2, 0.25) is 0 Å². The molecule has 0 atom stereocenters. The van der Waals surface area contributed by atoms with Gasteiger partial charge in [-0.2, -0.15) is 0 Å². The Bertz CT molecular complexity index is 7150. The zero-order valence-corrected chi connectivity index (χ0v) is 60.8. The lowest BCUT2D eigenvalue weighted by molar-refractivity contribution is 1.10. The van der Waals surface area contributed by atoms with Crippen LogP contribution in [0.15, 0.2) is 413 Å². The molecule has 0 aliphatic heterocycles. The minimum absolute atomic E-state index is 0.693. The van der Waals surface area contributed by atoms with Crippen LogP contribution in [0, 0.1) is 0 Å². The second-order valence-electron chi connectivity index (χ2n) is 28.4. The Morgan fingerprint density at radius 3 is 0.759 bits per heavy atom. The van der Waals surface area contributed by atoms with E-state index in [1.807, 2.05) is 24.3 Å². The maximum Gasteiger partial charge on any atom is 0.161 e. The SMILES string of the molecule is c1ccc(-c2cc(-c3ccccc3)nc(-c3cccc(-c4ccc5c6ccccc6n(-c6ccccc6-n6c7ccccc7c7ccccc76)c5c4)c3)n2)cc1.c1ccc(-c2cc(-c3ccccc3)nc(-c3ccccc3-c3ccc4c5ccccc5n(-c5ccccc5-n5c6ccccc6c6ccccc65)c4c3)n2)cc1. The van der Waals surface area contributed by atoms with Crippen molar-refractivity contribution in [1.29, 1.82) is 0 Å². The summed E-state index contributed by atoms with van der Waals surface area (Å²) in [7, 11) is 0. The molecule has 16 aromatic carbocycles. The van der Waals surface area contributed by atoms with E-state index in [1.54, 1.807) is 0 Å². The molecule has 0 unspecified atom stereocenters. The number of hydrogen-bond donors (Lipinski definition) is 0. The van der Waals surface area contributed by atoms with Gasteiger partial charge in [0.25, 0.3) is 0 Å². The van der Waals surface area contributed by atoms with Gasteiger partial charge in [0.15, 0.2) is 11.6 Å². The summed E-state index contributed by atoms with van der Waals surface area (Å²) in [6.45, 7) is 0. The first-order valence-electron chi connectivity index (χ1n) is 38.0. The molecule has 0 aliphatic carbocycles. The smallest absolute Gasteiger partial charge is 0.161 e. The third-order valence-electron chi connectivity index (χ3n) is 21.9. The normalized spacial score (nSPS) is 11.6. The third kappa shape index (κ3) is 11.3. The molecule has 0 fully saturated rings.